The standard InChI is InChI=1S/C22H25ClN4S2/c1-22(26-19-9-6-16(23)13-20(19)29-22)24-11-10-15-4-7-17(8-5-15)25-21-27-12-2-3-18(27)14-28-21/h4-9,13,18,24,26H,2-3,10-12,14H2,1H3/t18-,22?/m0/s1. The largest absolute Gasteiger partial charge is 0.358 e. The van der Waals surface area contributed by atoms with E-state index in [1.165, 1.54) is 40.8 Å². The molecule has 7 heteroatoms. The van der Waals surface area contributed by atoms with Crippen LogP contribution in [0.5, 0.6) is 0 Å². The van der Waals surface area contributed by atoms with Crippen LogP contribution in [-0.4, -0.2) is 39.9 Å². The first-order chi connectivity index (χ1) is 14.1. The van der Waals surface area contributed by atoms with E-state index in [0.29, 0.717) is 0 Å². The van der Waals surface area contributed by atoms with E-state index in [1.807, 2.05) is 30.0 Å². The summed E-state index contributed by atoms with van der Waals surface area (Å²) in [5, 5.41) is 9.19. The van der Waals surface area contributed by atoms with E-state index in [-0.39, 0.29) is 4.99 Å². The van der Waals surface area contributed by atoms with Gasteiger partial charge in [0.05, 0.1) is 11.4 Å². The van der Waals surface area contributed by atoms with E-state index in [0.717, 1.165) is 35.4 Å². The average Bonchev–Trinajstić information content (AvgIpc) is 3.38. The number of nitrogens with one attached hydrogen (secondary N) is 2. The zero-order valence-electron chi connectivity index (χ0n) is 16.5. The molecule has 2 aromatic carbocycles. The van der Waals surface area contributed by atoms with Crippen molar-refractivity contribution in [3.63, 3.8) is 0 Å². The Kier molecular flexibility index (Phi) is 5.45. The maximum absolute atomic E-state index is 6.12. The first kappa shape index (κ1) is 19.6. The maximum Gasteiger partial charge on any atom is 0.164 e. The Labute approximate surface area is 185 Å². The van der Waals surface area contributed by atoms with Gasteiger partial charge in [0.25, 0.3) is 0 Å². The summed E-state index contributed by atoms with van der Waals surface area (Å²) in [5.74, 6) is 1.20. The number of thioether (sulfide) groups is 2. The third kappa shape index (κ3) is 4.26. The van der Waals surface area contributed by atoms with Crippen LogP contribution in [0.2, 0.25) is 5.02 Å². The highest BCUT2D eigenvalue weighted by Crippen LogP contribution is 2.44. The first-order valence-electron chi connectivity index (χ1n) is 10.2. The van der Waals surface area contributed by atoms with Crippen molar-refractivity contribution in [3.05, 3.63) is 53.1 Å². The van der Waals surface area contributed by atoms with Gasteiger partial charge >= 0.3 is 0 Å². The molecule has 0 radical (unpaired) electrons. The lowest BCUT2D eigenvalue weighted by molar-refractivity contribution is 0.440. The lowest BCUT2D eigenvalue weighted by Crippen LogP contribution is -2.44. The topological polar surface area (TPSA) is 39.7 Å². The zero-order valence-corrected chi connectivity index (χ0v) is 18.8. The summed E-state index contributed by atoms with van der Waals surface area (Å²) in [4.78, 5) is 8.37. The number of amidine groups is 1. The van der Waals surface area contributed by atoms with Gasteiger partial charge < -0.3 is 10.2 Å². The summed E-state index contributed by atoms with van der Waals surface area (Å²) in [6, 6.07) is 15.4. The molecule has 0 amide bonds. The Bertz CT molecular complexity index is 933. The van der Waals surface area contributed by atoms with Crippen molar-refractivity contribution < 1.29 is 0 Å². The van der Waals surface area contributed by atoms with Crippen molar-refractivity contribution in [2.24, 2.45) is 4.99 Å². The number of aliphatic imine (C=N–C) groups is 1. The quantitative estimate of drug-likeness (QED) is 0.631. The summed E-state index contributed by atoms with van der Waals surface area (Å²) in [6.45, 7) is 4.24. The van der Waals surface area contributed by atoms with Crippen LogP contribution in [0.25, 0.3) is 0 Å². The Balaban J connectivity index is 1.15. The maximum atomic E-state index is 6.12. The van der Waals surface area contributed by atoms with Crippen LogP contribution < -0.4 is 10.6 Å². The summed E-state index contributed by atoms with van der Waals surface area (Å²) >= 11 is 9.81. The molecule has 29 heavy (non-hydrogen) atoms. The molecule has 1 unspecified atom stereocenters. The third-order valence-corrected chi connectivity index (χ3v) is 8.28. The van der Waals surface area contributed by atoms with E-state index in [4.69, 9.17) is 16.6 Å². The number of hydrogen-bond donors (Lipinski definition) is 2. The second-order valence-electron chi connectivity index (χ2n) is 7.94. The van der Waals surface area contributed by atoms with Gasteiger partial charge in [-0.25, -0.2) is 4.99 Å². The van der Waals surface area contributed by atoms with Gasteiger partial charge in [-0.05, 0) is 62.1 Å². The fraction of sp³-hybridized carbons (Fsp3) is 0.409. The van der Waals surface area contributed by atoms with Crippen LogP contribution in [-0.2, 0) is 6.42 Å². The first-order valence-corrected chi connectivity index (χ1v) is 12.3. The molecule has 0 bridgehead atoms. The van der Waals surface area contributed by atoms with E-state index < -0.39 is 0 Å². The average molecular weight is 445 g/mol. The fourth-order valence-corrected chi connectivity index (χ4v) is 6.86. The molecule has 4 nitrogen and oxygen atoms in total. The van der Waals surface area contributed by atoms with E-state index >= 15 is 0 Å². The third-order valence-electron chi connectivity index (χ3n) is 5.70. The van der Waals surface area contributed by atoms with E-state index in [9.17, 15) is 0 Å². The second-order valence-corrected chi connectivity index (χ2v) is 10.8. The van der Waals surface area contributed by atoms with Gasteiger partial charge in [-0.1, -0.05) is 47.3 Å². The van der Waals surface area contributed by atoms with Crippen molar-refractivity contribution in [2.75, 3.05) is 24.2 Å². The fourth-order valence-electron chi connectivity index (χ4n) is 4.17. The van der Waals surface area contributed by atoms with Crippen LogP contribution in [0.1, 0.15) is 25.3 Å². The molecule has 152 valence electrons. The summed E-state index contributed by atoms with van der Waals surface area (Å²) in [5.41, 5.74) is 3.53. The SMILES string of the molecule is CC1(NCCc2ccc(N=C3SC[C@@H]4CCCN34)cc2)Nc2ccc(Cl)cc2S1. The van der Waals surface area contributed by atoms with Crippen LogP contribution >= 0.6 is 35.1 Å². The van der Waals surface area contributed by atoms with Gasteiger partial charge in [-0.15, -0.1) is 0 Å². The molecule has 3 aliphatic rings. The number of fused-ring (bicyclic) bond motifs is 2. The van der Waals surface area contributed by atoms with Gasteiger partial charge in [-0.3, -0.25) is 5.32 Å². The predicted molar refractivity (Wildman–Crippen MR) is 127 cm³/mol. The molecular weight excluding hydrogens is 420 g/mol. The Hall–Kier alpha value is -1.34. The molecule has 0 saturated carbocycles. The van der Waals surface area contributed by atoms with Crippen molar-refractivity contribution in [1.82, 2.24) is 10.2 Å². The Morgan fingerprint density at radius 1 is 1.28 bits per heavy atom. The molecule has 2 aromatic rings. The number of anilines is 1. The van der Waals surface area contributed by atoms with Gasteiger partial charge in [-0.2, -0.15) is 0 Å². The highest BCUT2D eigenvalue weighted by molar-refractivity contribution is 8.14. The predicted octanol–water partition coefficient (Wildman–Crippen LogP) is 5.56. The normalized spacial score (nSPS) is 26.6. The zero-order chi connectivity index (χ0) is 19.8. The van der Waals surface area contributed by atoms with Crippen LogP contribution in [0.4, 0.5) is 11.4 Å². The van der Waals surface area contributed by atoms with Gasteiger partial charge in [0, 0.05) is 34.8 Å². The molecule has 3 aliphatic heterocycles. The summed E-state index contributed by atoms with van der Waals surface area (Å²) in [7, 11) is 0. The van der Waals surface area contributed by atoms with E-state index in [2.05, 4.69) is 46.7 Å². The lowest BCUT2D eigenvalue weighted by atomic mass is 10.1. The molecule has 0 aromatic heterocycles. The lowest BCUT2D eigenvalue weighted by Gasteiger charge is -2.25. The van der Waals surface area contributed by atoms with Gasteiger partial charge in [0.2, 0.25) is 0 Å². The molecule has 5 rings (SSSR count). The van der Waals surface area contributed by atoms with Crippen molar-refractivity contribution in [2.45, 2.75) is 42.1 Å². The molecule has 2 N–H and O–H groups in total. The van der Waals surface area contributed by atoms with Crippen molar-refractivity contribution in [1.29, 1.82) is 0 Å². The number of hydrogen-bond acceptors (Lipinski definition) is 5. The highest BCUT2D eigenvalue weighted by Gasteiger charge is 2.34. The van der Waals surface area contributed by atoms with E-state index in [1.54, 1.807) is 11.8 Å². The number of halogens is 1. The summed E-state index contributed by atoms with van der Waals surface area (Å²) in [6.07, 6.45) is 3.61. The van der Waals surface area contributed by atoms with Crippen LogP contribution in [0, 0.1) is 0 Å². The molecule has 0 aliphatic carbocycles. The molecule has 2 atom stereocenters. The highest BCUT2D eigenvalue weighted by atomic mass is 35.5. The van der Waals surface area contributed by atoms with Gasteiger partial charge in [0.15, 0.2) is 5.17 Å². The van der Waals surface area contributed by atoms with Crippen LogP contribution in [0.3, 0.4) is 0 Å². The number of nitrogens with zero attached hydrogens (tertiary/aromatic N) is 2. The molecule has 2 saturated heterocycles. The number of benzene rings is 2. The van der Waals surface area contributed by atoms with Crippen molar-refractivity contribution in [3.8, 4) is 0 Å². The smallest absolute Gasteiger partial charge is 0.164 e. The molecule has 3 heterocycles. The Morgan fingerprint density at radius 2 is 2.14 bits per heavy atom. The van der Waals surface area contributed by atoms with Crippen molar-refractivity contribution >= 4 is 51.7 Å². The van der Waals surface area contributed by atoms with Crippen LogP contribution in [0.15, 0.2) is 52.4 Å². The monoisotopic (exact) mass is 444 g/mol. The minimum absolute atomic E-state index is 0.203. The molecular formula is C22H25ClN4S2. The Morgan fingerprint density at radius 3 is 3.00 bits per heavy atom. The van der Waals surface area contributed by atoms with Gasteiger partial charge in [0.1, 0.15) is 4.99 Å². The second kappa shape index (κ2) is 8.06. The minimum Gasteiger partial charge on any atom is -0.358 e. The molecule has 2 fully saturated rings. The summed E-state index contributed by atoms with van der Waals surface area (Å²) < 4.78 is 0. The number of rotatable bonds is 5. The minimum atomic E-state index is -0.203. The molecule has 0 spiro atoms.